The standard InChI is InChI=1S/C58H107NO10/c1-3-5-7-9-11-13-15-16-18-21-25-28-32-36-40-44-51(61)50(49-68-58-57(66)56(65)55(64)52(48-60)69-58)59-53(62)45-41-37-33-29-26-22-19-17-20-23-27-31-35-39-43-47-67-54(63)46-42-38-34-30-24-14-12-10-8-6-4-2/h20,23,25,28,40,44,50-52,55-58,60-61,64-66H,3-19,21-22,24,26-27,29-39,41-43,45-49H2,1-2H3,(H,59,62)/b23-20-,28-25+,44-40+. The fourth-order valence-corrected chi connectivity index (χ4v) is 8.86. The average Bonchev–Trinajstić information content (AvgIpc) is 3.34. The fraction of sp³-hybridized carbons (Fsp3) is 0.862. The van der Waals surface area contributed by atoms with Crippen LogP contribution in [-0.4, -0.2) is 100 Å². The lowest BCUT2D eigenvalue weighted by molar-refractivity contribution is -0.302. The Morgan fingerprint density at radius 1 is 0.522 bits per heavy atom. The van der Waals surface area contributed by atoms with Crippen molar-refractivity contribution in [3.63, 3.8) is 0 Å². The summed E-state index contributed by atoms with van der Waals surface area (Å²) in [6.07, 6.45) is 47.9. The van der Waals surface area contributed by atoms with E-state index in [4.69, 9.17) is 14.2 Å². The van der Waals surface area contributed by atoms with E-state index in [1.54, 1.807) is 6.08 Å². The van der Waals surface area contributed by atoms with Crippen molar-refractivity contribution in [3.05, 3.63) is 36.5 Å². The first kappa shape index (κ1) is 64.9. The molecule has 7 unspecified atom stereocenters. The van der Waals surface area contributed by atoms with Gasteiger partial charge in [-0.25, -0.2) is 0 Å². The second kappa shape index (κ2) is 48.2. The summed E-state index contributed by atoms with van der Waals surface area (Å²) in [5, 5.41) is 54.4. The van der Waals surface area contributed by atoms with Gasteiger partial charge in [-0.1, -0.05) is 211 Å². The summed E-state index contributed by atoms with van der Waals surface area (Å²) >= 11 is 0. The highest BCUT2D eigenvalue weighted by molar-refractivity contribution is 5.76. The maximum Gasteiger partial charge on any atom is 0.305 e. The third kappa shape index (κ3) is 38.2. The van der Waals surface area contributed by atoms with E-state index in [-0.39, 0.29) is 18.5 Å². The van der Waals surface area contributed by atoms with Gasteiger partial charge in [0.1, 0.15) is 24.4 Å². The van der Waals surface area contributed by atoms with Gasteiger partial charge in [0, 0.05) is 12.8 Å². The molecule has 0 bridgehead atoms. The average molecular weight is 978 g/mol. The highest BCUT2D eigenvalue weighted by Gasteiger charge is 2.44. The second-order valence-corrected chi connectivity index (χ2v) is 20.0. The fourth-order valence-electron chi connectivity index (χ4n) is 8.86. The van der Waals surface area contributed by atoms with Gasteiger partial charge < -0.3 is 45.1 Å². The van der Waals surface area contributed by atoms with Gasteiger partial charge in [0.25, 0.3) is 0 Å². The predicted octanol–water partition coefficient (Wildman–Crippen LogP) is 12.7. The molecule has 1 aliphatic rings. The molecular formula is C58H107NO10. The number of hydrogen-bond acceptors (Lipinski definition) is 10. The molecule has 1 heterocycles. The van der Waals surface area contributed by atoms with Crippen LogP contribution in [0.2, 0.25) is 0 Å². The smallest absolute Gasteiger partial charge is 0.305 e. The van der Waals surface area contributed by atoms with Gasteiger partial charge in [-0.2, -0.15) is 0 Å². The molecule has 0 saturated carbocycles. The van der Waals surface area contributed by atoms with Crippen LogP contribution in [0, 0.1) is 0 Å². The molecule has 0 spiro atoms. The van der Waals surface area contributed by atoms with Crippen molar-refractivity contribution in [1.29, 1.82) is 0 Å². The van der Waals surface area contributed by atoms with Crippen LogP contribution in [0.15, 0.2) is 36.5 Å². The van der Waals surface area contributed by atoms with Crippen LogP contribution in [0.5, 0.6) is 0 Å². The van der Waals surface area contributed by atoms with Gasteiger partial charge in [0.2, 0.25) is 5.91 Å². The van der Waals surface area contributed by atoms with Gasteiger partial charge in [-0.05, 0) is 70.6 Å². The Morgan fingerprint density at radius 2 is 0.942 bits per heavy atom. The molecule has 1 amide bonds. The number of carbonyl (C=O) groups excluding carboxylic acids is 2. The molecule has 0 aromatic heterocycles. The van der Waals surface area contributed by atoms with Crippen molar-refractivity contribution in [2.45, 2.75) is 301 Å². The van der Waals surface area contributed by atoms with Crippen LogP contribution in [-0.2, 0) is 23.8 Å². The number of amides is 1. The van der Waals surface area contributed by atoms with Crippen LogP contribution >= 0.6 is 0 Å². The molecule has 0 aromatic carbocycles. The minimum absolute atomic E-state index is 0.0306. The van der Waals surface area contributed by atoms with Crippen LogP contribution in [0.1, 0.15) is 258 Å². The normalized spacial score (nSPS) is 19.6. The summed E-state index contributed by atoms with van der Waals surface area (Å²) in [5.74, 6) is -0.237. The first-order chi connectivity index (χ1) is 33.7. The largest absolute Gasteiger partial charge is 0.466 e. The second-order valence-electron chi connectivity index (χ2n) is 20.0. The molecule has 69 heavy (non-hydrogen) atoms. The van der Waals surface area contributed by atoms with Crippen LogP contribution in [0.25, 0.3) is 0 Å². The Balaban J connectivity index is 2.19. The molecular weight excluding hydrogens is 871 g/mol. The Kier molecular flexibility index (Phi) is 45.3. The lowest BCUT2D eigenvalue weighted by Gasteiger charge is -2.40. The van der Waals surface area contributed by atoms with Crippen LogP contribution in [0.4, 0.5) is 0 Å². The molecule has 1 saturated heterocycles. The molecule has 7 atom stereocenters. The zero-order valence-electron chi connectivity index (χ0n) is 44.3. The lowest BCUT2D eigenvalue weighted by atomic mass is 9.99. The summed E-state index contributed by atoms with van der Waals surface area (Å²) in [6.45, 7) is 4.27. The molecule has 1 fully saturated rings. The summed E-state index contributed by atoms with van der Waals surface area (Å²) in [4.78, 5) is 25.0. The topological polar surface area (TPSA) is 175 Å². The highest BCUT2D eigenvalue weighted by Crippen LogP contribution is 2.23. The number of aliphatic hydroxyl groups excluding tert-OH is 5. The van der Waals surface area contributed by atoms with Crippen molar-refractivity contribution in [2.75, 3.05) is 19.8 Å². The number of unbranched alkanes of at least 4 members (excludes halogenated alkanes) is 31. The quantitative estimate of drug-likeness (QED) is 0.0196. The number of nitrogens with one attached hydrogen (secondary N) is 1. The van der Waals surface area contributed by atoms with Crippen molar-refractivity contribution < 1.29 is 49.3 Å². The minimum atomic E-state index is -1.58. The van der Waals surface area contributed by atoms with Crippen LogP contribution < -0.4 is 5.32 Å². The SMILES string of the molecule is CCCCCCCCCCC/C=C/CC/C=C/C(O)C(COC1OC(CO)C(O)C(O)C1O)NC(=O)CCCCCCCCC/C=C\CCCCCCOC(=O)CCCCCCCCCCCCC. The van der Waals surface area contributed by atoms with E-state index in [0.29, 0.717) is 19.4 Å². The molecule has 0 aromatic rings. The van der Waals surface area contributed by atoms with Crippen LogP contribution in [0.3, 0.4) is 0 Å². The van der Waals surface area contributed by atoms with Crippen molar-refractivity contribution in [2.24, 2.45) is 0 Å². The number of esters is 1. The predicted molar refractivity (Wildman–Crippen MR) is 283 cm³/mol. The molecule has 0 aliphatic carbocycles. The summed E-state index contributed by atoms with van der Waals surface area (Å²) in [7, 11) is 0. The number of hydrogen-bond donors (Lipinski definition) is 6. The lowest BCUT2D eigenvalue weighted by Crippen LogP contribution is -2.60. The van der Waals surface area contributed by atoms with E-state index < -0.39 is 49.5 Å². The first-order valence-corrected chi connectivity index (χ1v) is 28.8. The zero-order chi connectivity index (χ0) is 50.3. The third-order valence-electron chi connectivity index (χ3n) is 13.5. The zero-order valence-corrected chi connectivity index (χ0v) is 44.3. The first-order valence-electron chi connectivity index (χ1n) is 28.8. The Bertz CT molecular complexity index is 1240. The number of allylic oxidation sites excluding steroid dienone is 5. The Hall–Kier alpha value is -2.12. The van der Waals surface area contributed by atoms with Crippen molar-refractivity contribution in [3.8, 4) is 0 Å². The molecule has 1 rings (SSSR count). The molecule has 11 heteroatoms. The third-order valence-corrected chi connectivity index (χ3v) is 13.5. The van der Waals surface area contributed by atoms with Crippen molar-refractivity contribution >= 4 is 11.9 Å². The minimum Gasteiger partial charge on any atom is -0.466 e. The molecule has 6 N–H and O–H groups in total. The maximum absolute atomic E-state index is 13.0. The Labute approximate surface area is 422 Å². The number of ether oxygens (including phenoxy) is 3. The molecule has 1 aliphatic heterocycles. The van der Waals surface area contributed by atoms with Gasteiger partial charge in [0.05, 0.1) is 32.0 Å². The molecule has 404 valence electrons. The summed E-state index contributed by atoms with van der Waals surface area (Å²) in [6, 6.07) is -0.839. The summed E-state index contributed by atoms with van der Waals surface area (Å²) in [5.41, 5.74) is 0. The van der Waals surface area contributed by atoms with Gasteiger partial charge in [-0.3, -0.25) is 9.59 Å². The molecule has 0 radical (unpaired) electrons. The van der Waals surface area contributed by atoms with E-state index in [2.05, 4.69) is 43.5 Å². The van der Waals surface area contributed by atoms with Gasteiger partial charge in [0.15, 0.2) is 6.29 Å². The summed E-state index contributed by atoms with van der Waals surface area (Å²) < 4.78 is 16.7. The number of aliphatic hydroxyl groups is 5. The maximum atomic E-state index is 13.0. The van der Waals surface area contributed by atoms with E-state index in [0.717, 1.165) is 83.5 Å². The highest BCUT2D eigenvalue weighted by atomic mass is 16.7. The van der Waals surface area contributed by atoms with Gasteiger partial charge >= 0.3 is 5.97 Å². The monoisotopic (exact) mass is 978 g/mol. The molecule has 11 nitrogen and oxygen atoms in total. The van der Waals surface area contributed by atoms with Crippen molar-refractivity contribution in [1.82, 2.24) is 5.32 Å². The van der Waals surface area contributed by atoms with E-state index in [1.165, 1.54) is 148 Å². The van der Waals surface area contributed by atoms with E-state index in [1.807, 2.05) is 6.08 Å². The van der Waals surface area contributed by atoms with E-state index >= 15 is 0 Å². The Morgan fingerprint density at radius 3 is 1.43 bits per heavy atom. The van der Waals surface area contributed by atoms with E-state index in [9.17, 15) is 35.1 Å². The van der Waals surface area contributed by atoms with Gasteiger partial charge in [-0.15, -0.1) is 0 Å². The number of rotatable bonds is 49. The number of carbonyl (C=O) groups is 2.